The van der Waals surface area contributed by atoms with E-state index in [9.17, 15) is 0 Å². The summed E-state index contributed by atoms with van der Waals surface area (Å²) in [5, 5.41) is 0. The molecule has 0 aromatic heterocycles. The number of hydrogen-bond acceptors (Lipinski definition) is 2. The molecule has 1 aromatic carbocycles. The quantitative estimate of drug-likeness (QED) is 0.797. The van der Waals surface area contributed by atoms with Gasteiger partial charge in [0.25, 0.3) is 0 Å². The predicted octanol–water partition coefficient (Wildman–Crippen LogP) is 4.26. The zero-order valence-electron chi connectivity index (χ0n) is 13.1. The molecule has 2 unspecified atom stereocenters. The van der Waals surface area contributed by atoms with Crippen LogP contribution in [0.25, 0.3) is 0 Å². The number of ether oxygens (including phenoxy) is 1. The largest absolute Gasteiger partial charge is 0.493 e. The monoisotopic (exact) mass is 263 g/mol. The van der Waals surface area contributed by atoms with Gasteiger partial charge in [-0.1, -0.05) is 26.8 Å². The Morgan fingerprint density at radius 3 is 2.32 bits per heavy atom. The molecule has 1 aromatic rings. The van der Waals surface area contributed by atoms with E-state index in [1.165, 1.54) is 11.1 Å². The summed E-state index contributed by atoms with van der Waals surface area (Å²) in [7, 11) is 0. The van der Waals surface area contributed by atoms with Crippen LogP contribution in [0.5, 0.6) is 5.75 Å². The van der Waals surface area contributed by atoms with Gasteiger partial charge in [-0.15, -0.1) is 0 Å². The van der Waals surface area contributed by atoms with Gasteiger partial charge in [0, 0.05) is 6.04 Å². The van der Waals surface area contributed by atoms with E-state index in [4.69, 9.17) is 10.5 Å². The van der Waals surface area contributed by atoms with E-state index in [1.54, 1.807) is 0 Å². The van der Waals surface area contributed by atoms with E-state index in [0.717, 1.165) is 25.2 Å². The molecule has 0 aliphatic rings. The third-order valence-corrected chi connectivity index (χ3v) is 3.41. The molecule has 2 nitrogen and oxygen atoms in total. The third-order valence-electron chi connectivity index (χ3n) is 3.41. The number of hydrogen-bond donors (Lipinski definition) is 1. The van der Waals surface area contributed by atoms with Gasteiger partial charge in [0.15, 0.2) is 0 Å². The Balaban J connectivity index is 2.65. The Morgan fingerprint density at radius 1 is 1.11 bits per heavy atom. The first-order chi connectivity index (χ1) is 8.90. The van der Waals surface area contributed by atoms with E-state index in [1.807, 2.05) is 0 Å². The zero-order chi connectivity index (χ0) is 14.4. The Labute approximate surface area is 118 Å². The Bertz CT molecular complexity index is 385. The molecule has 0 aliphatic carbocycles. The Hall–Kier alpha value is -1.02. The molecule has 0 saturated heterocycles. The molecule has 0 aliphatic heterocycles. The van der Waals surface area contributed by atoms with Crippen molar-refractivity contribution in [1.29, 1.82) is 0 Å². The van der Waals surface area contributed by atoms with Gasteiger partial charge in [0.2, 0.25) is 0 Å². The summed E-state index contributed by atoms with van der Waals surface area (Å²) in [5.41, 5.74) is 8.56. The van der Waals surface area contributed by atoms with Crippen molar-refractivity contribution in [3.8, 4) is 5.75 Å². The zero-order valence-corrected chi connectivity index (χ0v) is 13.1. The molecule has 0 amide bonds. The number of aryl methyl sites for hydroxylation is 1. The minimum absolute atomic E-state index is 0.288. The summed E-state index contributed by atoms with van der Waals surface area (Å²) >= 11 is 0. The average Bonchev–Trinajstić information content (AvgIpc) is 2.33. The molecule has 0 fully saturated rings. The van der Waals surface area contributed by atoms with Crippen molar-refractivity contribution in [2.45, 2.75) is 59.4 Å². The standard InChI is InChI=1S/C17H29NO/c1-12(2)11-19-16-8-9-17(14(4)10-16)13(3)6-7-15(5)18/h8-10,12-13,15H,6-7,11,18H2,1-5H3. The second-order valence-electron chi connectivity index (χ2n) is 6.18. The van der Waals surface area contributed by atoms with Crippen LogP contribution in [0.2, 0.25) is 0 Å². The average molecular weight is 263 g/mol. The third kappa shape index (κ3) is 5.65. The van der Waals surface area contributed by atoms with Gasteiger partial charge < -0.3 is 10.5 Å². The van der Waals surface area contributed by atoms with Crippen LogP contribution in [0.1, 0.15) is 57.6 Å². The minimum atomic E-state index is 0.288. The molecular weight excluding hydrogens is 234 g/mol. The number of rotatable bonds is 7. The maximum atomic E-state index is 5.83. The lowest BCUT2D eigenvalue weighted by molar-refractivity contribution is 0.271. The lowest BCUT2D eigenvalue weighted by atomic mass is 9.91. The van der Waals surface area contributed by atoms with Gasteiger partial charge in [-0.2, -0.15) is 0 Å². The van der Waals surface area contributed by atoms with Gasteiger partial charge in [-0.3, -0.25) is 0 Å². The molecule has 0 spiro atoms. The highest BCUT2D eigenvalue weighted by atomic mass is 16.5. The van der Waals surface area contributed by atoms with E-state index < -0.39 is 0 Å². The fourth-order valence-corrected chi connectivity index (χ4v) is 2.22. The first-order valence-electron chi connectivity index (χ1n) is 7.39. The summed E-state index contributed by atoms with van der Waals surface area (Å²) in [6.45, 7) is 11.6. The van der Waals surface area contributed by atoms with Crippen molar-refractivity contribution >= 4 is 0 Å². The van der Waals surface area contributed by atoms with Crippen LogP contribution in [0, 0.1) is 12.8 Å². The Morgan fingerprint density at radius 2 is 1.79 bits per heavy atom. The van der Waals surface area contributed by atoms with Gasteiger partial charge in [-0.25, -0.2) is 0 Å². The van der Waals surface area contributed by atoms with Crippen molar-refractivity contribution in [1.82, 2.24) is 0 Å². The molecule has 2 heteroatoms. The second-order valence-corrected chi connectivity index (χ2v) is 6.18. The number of nitrogens with two attached hydrogens (primary N) is 1. The summed E-state index contributed by atoms with van der Waals surface area (Å²) in [6.07, 6.45) is 2.22. The molecule has 108 valence electrons. The van der Waals surface area contributed by atoms with Crippen molar-refractivity contribution in [3.63, 3.8) is 0 Å². The van der Waals surface area contributed by atoms with Crippen LogP contribution in [-0.2, 0) is 0 Å². The van der Waals surface area contributed by atoms with Crippen LogP contribution < -0.4 is 10.5 Å². The highest BCUT2D eigenvalue weighted by molar-refractivity contribution is 5.36. The van der Waals surface area contributed by atoms with E-state index in [-0.39, 0.29) is 6.04 Å². The van der Waals surface area contributed by atoms with Crippen molar-refractivity contribution < 1.29 is 4.74 Å². The highest BCUT2D eigenvalue weighted by Gasteiger charge is 2.10. The van der Waals surface area contributed by atoms with E-state index in [0.29, 0.717) is 11.8 Å². The van der Waals surface area contributed by atoms with Crippen LogP contribution >= 0.6 is 0 Å². The summed E-state index contributed by atoms with van der Waals surface area (Å²) in [4.78, 5) is 0. The van der Waals surface area contributed by atoms with Crippen LogP contribution in [0.3, 0.4) is 0 Å². The molecule has 0 bridgehead atoms. The summed E-state index contributed by atoms with van der Waals surface area (Å²) in [6, 6.07) is 6.74. The summed E-state index contributed by atoms with van der Waals surface area (Å²) < 4.78 is 5.76. The second kappa shape index (κ2) is 7.54. The fourth-order valence-electron chi connectivity index (χ4n) is 2.22. The molecule has 2 atom stereocenters. The Kier molecular flexibility index (Phi) is 6.36. The van der Waals surface area contributed by atoms with Crippen LogP contribution in [-0.4, -0.2) is 12.6 Å². The highest BCUT2D eigenvalue weighted by Crippen LogP contribution is 2.27. The smallest absolute Gasteiger partial charge is 0.119 e. The SMILES string of the molecule is Cc1cc(OCC(C)C)ccc1C(C)CCC(C)N. The normalized spacial score (nSPS) is 14.5. The van der Waals surface area contributed by atoms with Crippen molar-refractivity contribution in [2.24, 2.45) is 11.7 Å². The minimum Gasteiger partial charge on any atom is -0.493 e. The van der Waals surface area contributed by atoms with Gasteiger partial charge in [-0.05, 0) is 61.8 Å². The lowest BCUT2D eigenvalue weighted by Gasteiger charge is -2.17. The van der Waals surface area contributed by atoms with Crippen molar-refractivity contribution in [2.75, 3.05) is 6.61 Å². The molecule has 0 heterocycles. The maximum Gasteiger partial charge on any atom is 0.119 e. The van der Waals surface area contributed by atoms with Gasteiger partial charge in [0.05, 0.1) is 6.61 Å². The molecule has 2 N–H and O–H groups in total. The van der Waals surface area contributed by atoms with Crippen molar-refractivity contribution in [3.05, 3.63) is 29.3 Å². The van der Waals surface area contributed by atoms with Gasteiger partial charge >= 0.3 is 0 Å². The summed E-state index contributed by atoms with van der Waals surface area (Å²) in [5.74, 6) is 2.10. The first-order valence-corrected chi connectivity index (χ1v) is 7.39. The van der Waals surface area contributed by atoms with E-state index >= 15 is 0 Å². The first kappa shape index (κ1) is 16.0. The predicted molar refractivity (Wildman–Crippen MR) is 82.8 cm³/mol. The number of benzene rings is 1. The van der Waals surface area contributed by atoms with Crippen LogP contribution in [0.4, 0.5) is 0 Å². The molecule has 0 radical (unpaired) electrons. The molecule has 1 rings (SSSR count). The molecule has 19 heavy (non-hydrogen) atoms. The lowest BCUT2D eigenvalue weighted by Crippen LogP contribution is -2.15. The molecular formula is C17H29NO. The van der Waals surface area contributed by atoms with E-state index in [2.05, 4.69) is 52.8 Å². The topological polar surface area (TPSA) is 35.2 Å². The van der Waals surface area contributed by atoms with Crippen LogP contribution in [0.15, 0.2) is 18.2 Å². The maximum absolute atomic E-state index is 5.83. The fraction of sp³-hybridized carbons (Fsp3) is 0.647. The molecule has 0 saturated carbocycles. The van der Waals surface area contributed by atoms with Gasteiger partial charge in [0.1, 0.15) is 5.75 Å².